The summed E-state index contributed by atoms with van der Waals surface area (Å²) in [6.07, 6.45) is 0. The van der Waals surface area contributed by atoms with Gasteiger partial charge < -0.3 is 11.1 Å². The number of benzene rings is 2. The molecule has 18 heavy (non-hydrogen) atoms. The SMILES string of the molecule is Cc1ccc(Nc2cc(F)c(Br)cc2N)c(Cl)c1. The topological polar surface area (TPSA) is 38.0 Å². The number of rotatable bonds is 2. The molecule has 0 radical (unpaired) electrons. The van der Waals surface area contributed by atoms with E-state index in [-0.39, 0.29) is 5.82 Å². The van der Waals surface area contributed by atoms with E-state index in [2.05, 4.69) is 21.2 Å². The molecule has 0 aromatic heterocycles. The molecule has 0 heterocycles. The Bertz CT molecular complexity index is 602. The molecule has 0 bridgehead atoms. The van der Waals surface area contributed by atoms with Crippen molar-refractivity contribution >= 4 is 44.6 Å². The summed E-state index contributed by atoms with van der Waals surface area (Å²) in [7, 11) is 0. The second-order valence-electron chi connectivity index (χ2n) is 3.96. The van der Waals surface area contributed by atoms with Crippen LogP contribution in [0.3, 0.4) is 0 Å². The molecule has 2 aromatic rings. The van der Waals surface area contributed by atoms with Crippen molar-refractivity contribution in [2.75, 3.05) is 11.1 Å². The van der Waals surface area contributed by atoms with Crippen LogP contribution in [0.25, 0.3) is 0 Å². The fourth-order valence-corrected chi connectivity index (χ4v) is 2.18. The first-order chi connectivity index (χ1) is 8.47. The molecule has 0 amide bonds. The third-order valence-corrected chi connectivity index (χ3v) is 3.41. The highest BCUT2D eigenvalue weighted by Crippen LogP contribution is 2.32. The van der Waals surface area contributed by atoms with Crippen molar-refractivity contribution < 1.29 is 4.39 Å². The number of anilines is 3. The lowest BCUT2D eigenvalue weighted by Crippen LogP contribution is -1.98. The van der Waals surface area contributed by atoms with Gasteiger partial charge in [-0.2, -0.15) is 0 Å². The van der Waals surface area contributed by atoms with Crippen LogP contribution in [0.1, 0.15) is 5.56 Å². The van der Waals surface area contributed by atoms with Crippen LogP contribution < -0.4 is 11.1 Å². The van der Waals surface area contributed by atoms with Crippen molar-refractivity contribution in [1.29, 1.82) is 0 Å². The Morgan fingerprint density at radius 3 is 2.61 bits per heavy atom. The second kappa shape index (κ2) is 5.16. The van der Waals surface area contributed by atoms with Gasteiger partial charge >= 0.3 is 0 Å². The number of halogens is 3. The Morgan fingerprint density at radius 1 is 1.22 bits per heavy atom. The van der Waals surface area contributed by atoms with E-state index in [1.54, 1.807) is 0 Å². The lowest BCUT2D eigenvalue weighted by molar-refractivity contribution is 0.622. The van der Waals surface area contributed by atoms with Crippen LogP contribution in [0, 0.1) is 12.7 Å². The van der Waals surface area contributed by atoms with Crippen LogP contribution in [0.4, 0.5) is 21.5 Å². The number of nitrogen functional groups attached to an aromatic ring is 1. The van der Waals surface area contributed by atoms with Gasteiger partial charge in [0.25, 0.3) is 0 Å². The summed E-state index contributed by atoms with van der Waals surface area (Å²) in [6, 6.07) is 8.42. The van der Waals surface area contributed by atoms with Gasteiger partial charge in [-0.1, -0.05) is 17.7 Å². The predicted octanol–water partition coefficient (Wildman–Crippen LogP) is 4.88. The molecule has 0 spiro atoms. The lowest BCUT2D eigenvalue weighted by atomic mass is 10.2. The first kappa shape index (κ1) is 13.2. The van der Waals surface area contributed by atoms with Crippen LogP contribution in [-0.2, 0) is 0 Å². The van der Waals surface area contributed by atoms with E-state index in [0.717, 1.165) is 5.56 Å². The van der Waals surface area contributed by atoms with E-state index < -0.39 is 0 Å². The summed E-state index contributed by atoms with van der Waals surface area (Å²) in [5.41, 5.74) is 8.49. The van der Waals surface area contributed by atoms with Gasteiger partial charge in [0.15, 0.2) is 0 Å². The highest BCUT2D eigenvalue weighted by atomic mass is 79.9. The molecule has 0 saturated carbocycles. The molecule has 94 valence electrons. The summed E-state index contributed by atoms with van der Waals surface area (Å²) < 4.78 is 13.8. The minimum atomic E-state index is -0.380. The molecule has 2 nitrogen and oxygen atoms in total. The highest BCUT2D eigenvalue weighted by Gasteiger charge is 2.08. The number of nitrogens with two attached hydrogens (primary N) is 1. The van der Waals surface area contributed by atoms with E-state index in [9.17, 15) is 4.39 Å². The Hall–Kier alpha value is -1.26. The fourth-order valence-electron chi connectivity index (χ4n) is 1.54. The monoisotopic (exact) mass is 328 g/mol. The van der Waals surface area contributed by atoms with Crippen LogP contribution in [0.2, 0.25) is 5.02 Å². The van der Waals surface area contributed by atoms with Crippen molar-refractivity contribution in [3.63, 3.8) is 0 Å². The summed E-state index contributed by atoms with van der Waals surface area (Å²) in [6.45, 7) is 1.95. The van der Waals surface area contributed by atoms with Crippen LogP contribution in [0.5, 0.6) is 0 Å². The minimum absolute atomic E-state index is 0.334. The first-order valence-corrected chi connectivity index (χ1v) is 6.42. The maximum absolute atomic E-state index is 13.5. The van der Waals surface area contributed by atoms with E-state index in [0.29, 0.717) is 26.6 Å². The van der Waals surface area contributed by atoms with Gasteiger partial charge in [-0.05, 0) is 46.6 Å². The van der Waals surface area contributed by atoms with Crippen molar-refractivity contribution in [1.82, 2.24) is 0 Å². The maximum Gasteiger partial charge on any atom is 0.139 e. The van der Waals surface area contributed by atoms with Crippen molar-refractivity contribution in [2.45, 2.75) is 6.92 Å². The normalized spacial score (nSPS) is 10.4. The van der Waals surface area contributed by atoms with E-state index >= 15 is 0 Å². The van der Waals surface area contributed by atoms with Gasteiger partial charge in [0, 0.05) is 6.07 Å². The molecule has 0 atom stereocenters. The number of hydrogen-bond donors (Lipinski definition) is 2. The molecule has 0 saturated heterocycles. The zero-order valence-corrected chi connectivity index (χ0v) is 11.9. The Morgan fingerprint density at radius 2 is 1.94 bits per heavy atom. The van der Waals surface area contributed by atoms with Crippen molar-refractivity contribution in [3.8, 4) is 0 Å². The predicted molar refractivity (Wildman–Crippen MR) is 78.0 cm³/mol. The van der Waals surface area contributed by atoms with Crippen molar-refractivity contribution in [3.05, 3.63) is 51.2 Å². The molecule has 0 fully saturated rings. The molecular weight excluding hydrogens is 319 g/mol. The third kappa shape index (κ3) is 2.76. The molecule has 3 N–H and O–H groups in total. The highest BCUT2D eigenvalue weighted by molar-refractivity contribution is 9.10. The summed E-state index contributed by atoms with van der Waals surface area (Å²) in [5, 5.41) is 3.59. The Kier molecular flexibility index (Phi) is 3.78. The van der Waals surface area contributed by atoms with Gasteiger partial charge in [0.2, 0.25) is 0 Å². The fraction of sp³-hybridized carbons (Fsp3) is 0.0769. The number of hydrogen-bond acceptors (Lipinski definition) is 2. The van der Waals surface area contributed by atoms with Gasteiger partial charge in [0.05, 0.1) is 26.6 Å². The third-order valence-electron chi connectivity index (χ3n) is 2.49. The molecule has 0 aliphatic heterocycles. The molecule has 5 heteroatoms. The lowest BCUT2D eigenvalue weighted by Gasteiger charge is -2.12. The smallest absolute Gasteiger partial charge is 0.139 e. The Balaban J connectivity index is 2.37. The van der Waals surface area contributed by atoms with E-state index in [4.69, 9.17) is 17.3 Å². The quantitative estimate of drug-likeness (QED) is 0.771. The molecule has 0 aliphatic rings. The minimum Gasteiger partial charge on any atom is -0.397 e. The van der Waals surface area contributed by atoms with Gasteiger partial charge in [-0.3, -0.25) is 0 Å². The molecule has 0 unspecified atom stereocenters. The zero-order valence-electron chi connectivity index (χ0n) is 9.60. The van der Waals surface area contributed by atoms with E-state index in [1.807, 2.05) is 25.1 Å². The maximum atomic E-state index is 13.5. The van der Waals surface area contributed by atoms with E-state index in [1.165, 1.54) is 12.1 Å². The Labute approximate surface area is 118 Å². The average molecular weight is 330 g/mol. The summed E-state index contributed by atoms with van der Waals surface area (Å²) in [5.74, 6) is -0.380. The zero-order chi connectivity index (χ0) is 13.3. The van der Waals surface area contributed by atoms with Crippen LogP contribution in [-0.4, -0.2) is 0 Å². The largest absolute Gasteiger partial charge is 0.397 e. The standard InChI is InChI=1S/C13H11BrClFN2/c1-7-2-3-12(9(15)4-7)18-13-6-10(16)8(14)5-11(13)17/h2-6,18H,17H2,1H3. The number of nitrogens with one attached hydrogen (secondary N) is 1. The van der Waals surface area contributed by atoms with Crippen molar-refractivity contribution in [2.24, 2.45) is 0 Å². The second-order valence-corrected chi connectivity index (χ2v) is 5.22. The summed E-state index contributed by atoms with van der Waals surface area (Å²) in [4.78, 5) is 0. The number of aryl methyl sites for hydroxylation is 1. The van der Waals surface area contributed by atoms with Crippen LogP contribution in [0.15, 0.2) is 34.8 Å². The molecular formula is C13H11BrClFN2. The van der Waals surface area contributed by atoms with Gasteiger partial charge in [0.1, 0.15) is 5.82 Å². The van der Waals surface area contributed by atoms with Crippen LogP contribution >= 0.6 is 27.5 Å². The molecule has 0 aliphatic carbocycles. The van der Waals surface area contributed by atoms with Gasteiger partial charge in [-0.25, -0.2) is 4.39 Å². The average Bonchev–Trinajstić information content (AvgIpc) is 2.29. The van der Waals surface area contributed by atoms with Gasteiger partial charge in [-0.15, -0.1) is 0 Å². The first-order valence-electron chi connectivity index (χ1n) is 5.25. The summed E-state index contributed by atoms with van der Waals surface area (Å²) >= 11 is 9.18. The molecule has 2 rings (SSSR count). The molecule has 2 aromatic carbocycles.